The van der Waals surface area contributed by atoms with Gasteiger partial charge in [0.1, 0.15) is 0 Å². The van der Waals surface area contributed by atoms with Gasteiger partial charge < -0.3 is 5.32 Å². The summed E-state index contributed by atoms with van der Waals surface area (Å²) < 4.78 is 0. The van der Waals surface area contributed by atoms with Crippen molar-refractivity contribution >= 4 is 16.9 Å². The lowest BCUT2D eigenvalue weighted by atomic mass is 9.93. The minimum absolute atomic E-state index is 1.09. The van der Waals surface area contributed by atoms with Crippen molar-refractivity contribution in [1.82, 2.24) is 0 Å². The van der Waals surface area contributed by atoms with E-state index in [9.17, 15) is 0 Å². The molecule has 5 aromatic carbocycles. The second-order valence-corrected chi connectivity index (χ2v) is 10.4. The summed E-state index contributed by atoms with van der Waals surface area (Å²) in [6.07, 6.45) is 8.86. The smallest absolute Gasteiger partial charge is 0.0384 e. The van der Waals surface area contributed by atoms with Gasteiger partial charge in [-0.2, -0.15) is 0 Å². The van der Waals surface area contributed by atoms with Gasteiger partial charge in [0.05, 0.1) is 0 Å². The van der Waals surface area contributed by atoms with Gasteiger partial charge in [-0.05, 0) is 108 Å². The zero-order valence-electron chi connectivity index (χ0n) is 23.7. The van der Waals surface area contributed by atoms with E-state index in [1.165, 1.54) is 50.1 Å². The van der Waals surface area contributed by atoms with Crippen molar-refractivity contribution in [1.29, 1.82) is 0 Å². The van der Waals surface area contributed by atoms with E-state index in [2.05, 4.69) is 147 Å². The van der Waals surface area contributed by atoms with Crippen molar-refractivity contribution in [2.75, 3.05) is 5.32 Å². The van der Waals surface area contributed by atoms with Crippen molar-refractivity contribution in [3.05, 3.63) is 162 Å². The molecule has 1 N–H and O–H groups in total. The van der Waals surface area contributed by atoms with Crippen LogP contribution in [0.5, 0.6) is 0 Å². The van der Waals surface area contributed by atoms with Crippen LogP contribution in [0.2, 0.25) is 0 Å². The fourth-order valence-corrected chi connectivity index (χ4v) is 5.02. The first-order valence-electron chi connectivity index (χ1n) is 14.1. The number of aryl methyl sites for hydroxylation is 3. The van der Waals surface area contributed by atoms with Crippen molar-refractivity contribution in [3.63, 3.8) is 0 Å². The van der Waals surface area contributed by atoms with Crippen LogP contribution >= 0.6 is 0 Å². The van der Waals surface area contributed by atoms with Crippen LogP contribution in [0.3, 0.4) is 0 Å². The number of benzene rings is 5. The minimum Gasteiger partial charge on any atom is -0.356 e. The average molecular weight is 520 g/mol. The summed E-state index contributed by atoms with van der Waals surface area (Å²) in [7, 11) is 0. The second-order valence-electron chi connectivity index (χ2n) is 10.4. The van der Waals surface area contributed by atoms with Crippen molar-refractivity contribution in [3.8, 4) is 22.3 Å². The molecule has 0 bridgehead atoms. The zero-order valence-corrected chi connectivity index (χ0v) is 23.7. The van der Waals surface area contributed by atoms with Crippen LogP contribution in [-0.4, -0.2) is 0 Å². The molecule has 1 nitrogen and oxygen atoms in total. The first kappa shape index (κ1) is 27.0. The molecule has 0 saturated carbocycles. The fourth-order valence-electron chi connectivity index (χ4n) is 5.02. The van der Waals surface area contributed by atoms with Crippen LogP contribution in [-0.2, 0) is 0 Å². The van der Waals surface area contributed by atoms with E-state index in [-0.39, 0.29) is 0 Å². The molecule has 40 heavy (non-hydrogen) atoms. The second kappa shape index (κ2) is 13.0. The predicted octanol–water partition coefficient (Wildman–Crippen LogP) is 11.1. The third-order valence-corrected chi connectivity index (χ3v) is 7.39. The zero-order chi connectivity index (χ0) is 27.7. The number of allylic oxidation sites excluding steroid dienone is 4. The highest BCUT2D eigenvalue weighted by molar-refractivity contribution is 5.78. The van der Waals surface area contributed by atoms with E-state index < -0.39 is 0 Å². The Labute approximate surface area is 239 Å². The predicted molar refractivity (Wildman–Crippen MR) is 174 cm³/mol. The Morgan fingerprint density at radius 2 is 1.12 bits per heavy atom. The Balaban J connectivity index is 0.000000403. The third kappa shape index (κ3) is 6.87. The normalized spacial score (nSPS) is 12.2. The van der Waals surface area contributed by atoms with Crippen LogP contribution in [0.25, 0.3) is 27.8 Å². The Morgan fingerprint density at radius 1 is 0.525 bits per heavy atom. The molecule has 198 valence electrons. The Kier molecular flexibility index (Phi) is 8.73. The Bertz CT molecular complexity index is 1600. The van der Waals surface area contributed by atoms with Gasteiger partial charge in [0.25, 0.3) is 0 Å². The van der Waals surface area contributed by atoms with Gasteiger partial charge >= 0.3 is 0 Å². The van der Waals surface area contributed by atoms with Crippen molar-refractivity contribution < 1.29 is 0 Å². The first-order chi connectivity index (χ1) is 19.6. The molecule has 6 rings (SSSR count). The molecule has 0 fully saturated rings. The monoisotopic (exact) mass is 519 g/mol. The lowest BCUT2D eigenvalue weighted by molar-refractivity contribution is 1.05. The molecule has 1 aliphatic carbocycles. The van der Waals surface area contributed by atoms with Crippen LogP contribution in [0.4, 0.5) is 11.4 Å². The molecule has 0 amide bonds. The van der Waals surface area contributed by atoms with Crippen LogP contribution < -0.4 is 5.32 Å². The van der Waals surface area contributed by atoms with Gasteiger partial charge in [0.15, 0.2) is 0 Å². The molecule has 0 unspecified atom stereocenters. The molecule has 1 heteroatoms. The number of nitrogens with one attached hydrogen (secondary N) is 1. The van der Waals surface area contributed by atoms with Crippen LogP contribution in [0.15, 0.2) is 140 Å². The summed E-state index contributed by atoms with van der Waals surface area (Å²) in [5.41, 5.74) is 13.9. The lowest BCUT2D eigenvalue weighted by Crippen LogP contribution is -1.92. The highest BCUT2D eigenvalue weighted by Gasteiger charge is 2.08. The molecule has 0 aromatic heterocycles. The Morgan fingerprint density at radius 3 is 1.73 bits per heavy atom. The lowest BCUT2D eigenvalue weighted by Gasteiger charge is -2.13. The maximum Gasteiger partial charge on any atom is 0.0384 e. The van der Waals surface area contributed by atoms with Crippen LogP contribution in [0.1, 0.15) is 35.1 Å². The van der Waals surface area contributed by atoms with E-state index in [0.29, 0.717) is 0 Å². The van der Waals surface area contributed by atoms with E-state index in [4.69, 9.17) is 0 Å². The minimum atomic E-state index is 1.09. The van der Waals surface area contributed by atoms with Crippen LogP contribution in [0, 0.1) is 20.8 Å². The van der Waals surface area contributed by atoms with Gasteiger partial charge in [0, 0.05) is 11.4 Å². The fraction of sp³-hybridized carbons (Fsp3) is 0.128. The molecule has 1 aliphatic rings. The van der Waals surface area contributed by atoms with Crippen molar-refractivity contribution in [2.45, 2.75) is 33.6 Å². The largest absolute Gasteiger partial charge is 0.356 e. The summed E-state index contributed by atoms with van der Waals surface area (Å²) in [5.74, 6) is 0. The van der Waals surface area contributed by atoms with Gasteiger partial charge in [-0.15, -0.1) is 0 Å². The maximum atomic E-state index is 3.53. The van der Waals surface area contributed by atoms with E-state index in [1.54, 1.807) is 0 Å². The van der Waals surface area contributed by atoms with Gasteiger partial charge in [-0.3, -0.25) is 0 Å². The molecule has 0 aliphatic heterocycles. The quantitative estimate of drug-likeness (QED) is 0.243. The van der Waals surface area contributed by atoms with E-state index in [0.717, 1.165) is 24.2 Å². The highest BCUT2D eigenvalue weighted by atomic mass is 14.9. The number of hydrogen-bond acceptors (Lipinski definition) is 1. The summed E-state index contributed by atoms with van der Waals surface area (Å²) in [4.78, 5) is 0. The first-order valence-corrected chi connectivity index (χ1v) is 14.1. The molecule has 0 spiro atoms. The average Bonchev–Trinajstić information content (AvgIpc) is 3.00. The molecule has 0 saturated heterocycles. The number of rotatable bonds is 5. The molecular weight excluding hydrogens is 482 g/mol. The van der Waals surface area contributed by atoms with Gasteiger partial charge in [-0.25, -0.2) is 0 Å². The van der Waals surface area contributed by atoms with E-state index in [1.807, 2.05) is 18.2 Å². The van der Waals surface area contributed by atoms with E-state index >= 15 is 0 Å². The molecule has 0 heterocycles. The van der Waals surface area contributed by atoms with Crippen molar-refractivity contribution in [2.24, 2.45) is 0 Å². The maximum absolute atomic E-state index is 3.53. The van der Waals surface area contributed by atoms with Gasteiger partial charge in [0.2, 0.25) is 0 Å². The molecule has 5 aromatic rings. The summed E-state index contributed by atoms with van der Waals surface area (Å²) in [6, 6.07) is 43.1. The standard InChI is InChI=1S/C32H29N.C7H8/c1-23-8-6-7-11-31(23)32-22-28(13-12-24(32)2)27-16-20-30(21-17-27)33-29-18-14-26(15-19-29)25-9-4-3-5-10-25;1-7-5-3-2-4-6-7/h3-4,6-9,11-22,33H,5,10H2,1-2H3;2-6H,1H3. The SMILES string of the molecule is Cc1ccccc1.Cc1ccccc1-c1cc(-c2ccc(Nc3ccc(C4=CC=CCC4)cc3)cc2)ccc1C. The topological polar surface area (TPSA) is 12.0 Å². The molecule has 0 radical (unpaired) electrons. The third-order valence-electron chi connectivity index (χ3n) is 7.39. The van der Waals surface area contributed by atoms with Gasteiger partial charge in [-0.1, -0.05) is 115 Å². The number of hydrogen-bond donors (Lipinski definition) is 1. The number of anilines is 2. The summed E-state index contributed by atoms with van der Waals surface area (Å²) >= 11 is 0. The highest BCUT2D eigenvalue weighted by Crippen LogP contribution is 2.32. The molecular formula is C39H37N. The summed E-state index contributed by atoms with van der Waals surface area (Å²) in [6.45, 7) is 6.45. The summed E-state index contributed by atoms with van der Waals surface area (Å²) in [5, 5.41) is 3.53. The Hall–Kier alpha value is -4.62. The molecule has 0 atom stereocenters.